The van der Waals surface area contributed by atoms with Crippen molar-refractivity contribution in [3.63, 3.8) is 0 Å². The van der Waals surface area contributed by atoms with Gasteiger partial charge in [0.1, 0.15) is 0 Å². The summed E-state index contributed by atoms with van der Waals surface area (Å²) >= 11 is 1.48. The molecule has 0 radical (unpaired) electrons. The van der Waals surface area contributed by atoms with E-state index in [0.29, 0.717) is 10.6 Å². The Hall–Kier alpha value is -2.85. The molecule has 3 aromatic carbocycles. The molecule has 0 atom stereocenters. The summed E-state index contributed by atoms with van der Waals surface area (Å²) < 4.78 is 0. The van der Waals surface area contributed by atoms with E-state index in [1.165, 1.54) is 18.7 Å². The van der Waals surface area contributed by atoms with Crippen LogP contribution in [-0.2, 0) is 4.79 Å². The molecule has 4 rings (SSSR count). The van der Waals surface area contributed by atoms with E-state index < -0.39 is 0 Å². The number of fused-ring (bicyclic) bond motifs is 3. The van der Waals surface area contributed by atoms with Crippen molar-refractivity contribution in [1.82, 2.24) is 0 Å². The predicted molar refractivity (Wildman–Crippen MR) is 107 cm³/mol. The molecule has 3 nitrogen and oxygen atoms in total. The summed E-state index contributed by atoms with van der Waals surface area (Å²) in [6, 6.07) is 21.2. The summed E-state index contributed by atoms with van der Waals surface area (Å²) in [5.74, 6) is -0.449. The molecule has 0 amide bonds. The van der Waals surface area contributed by atoms with E-state index in [0.717, 1.165) is 21.4 Å². The quantitative estimate of drug-likeness (QED) is 0.283. The number of anilines is 1. The SMILES string of the molecule is CC(=O)/C(C(=O)c1ccccc1)=C1\Sc2ccc3ccccc3c2N1C. The Morgan fingerprint density at radius 3 is 2.31 bits per heavy atom. The third-order valence-electron chi connectivity index (χ3n) is 4.54. The molecule has 0 aliphatic carbocycles. The van der Waals surface area contributed by atoms with E-state index in [1.54, 1.807) is 12.1 Å². The molecule has 0 N–H and O–H groups in total. The lowest BCUT2D eigenvalue weighted by molar-refractivity contribution is -0.113. The minimum atomic E-state index is -0.232. The van der Waals surface area contributed by atoms with Gasteiger partial charge in [0, 0.05) is 22.9 Å². The van der Waals surface area contributed by atoms with Crippen molar-refractivity contribution in [2.45, 2.75) is 11.8 Å². The number of Topliss-reactive ketones (excluding diaryl/α,β-unsaturated/α-hetero) is 2. The average Bonchev–Trinajstić information content (AvgIpc) is 2.99. The molecule has 26 heavy (non-hydrogen) atoms. The Morgan fingerprint density at radius 1 is 0.885 bits per heavy atom. The van der Waals surface area contributed by atoms with Crippen LogP contribution in [0.1, 0.15) is 17.3 Å². The van der Waals surface area contributed by atoms with Crippen molar-refractivity contribution >= 4 is 39.8 Å². The van der Waals surface area contributed by atoms with Gasteiger partial charge in [0.2, 0.25) is 0 Å². The summed E-state index contributed by atoms with van der Waals surface area (Å²) in [6.45, 7) is 1.46. The van der Waals surface area contributed by atoms with Gasteiger partial charge in [-0.05, 0) is 18.4 Å². The van der Waals surface area contributed by atoms with E-state index in [2.05, 4.69) is 24.3 Å². The van der Waals surface area contributed by atoms with Crippen LogP contribution in [0.15, 0.2) is 82.2 Å². The summed E-state index contributed by atoms with van der Waals surface area (Å²) in [5, 5.41) is 2.95. The molecule has 1 aliphatic heterocycles. The van der Waals surface area contributed by atoms with Crippen molar-refractivity contribution < 1.29 is 9.59 Å². The fourth-order valence-corrected chi connectivity index (χ4v) is 4.55. The van der Waals surface area contributed by atoms with Gasteiger partial charge in [-0.25, -0.2) is 0 Å². The summed E-state index contributed by atoms with van der Waals surface area (Å²) in [6.07, 6.45) is 0. The molecule has 0 spiro atoms. The predicted octanol–water partition coefficient (Wildman–Crippen LogP) is 5.07. The van der Waals surface area contributed by atoms with Gasteiger partial charge >= 0.3 is 0 Å². The second kappa shape index (κ2) is 6.46. The zero-order valence-corrected chi connectivity index (χ0v) is 15.3. The Labute approximate surface area is 156 Å². The summed E-state index contributed by atoms with van der Waals surface area (Å²) in [7, 11) is 1.92. The summed E-state index contributed by atoms with van der Waals surface area (Å²) in [4.78, 5) is 28.4. The lowest BCUT2D eigenvalue weighted by Crippen LogP contribution is -2.20. The van der Waals surface area contributed by atoms with E-state index >= 15 is 0 Å². The van der Waals surface area contributed by atoms with Gasteiger partial charge in [-0.2, -0.15) is 0 Å². The van der Waals surface area contributed by atoms with Gasteiger partial charge in [0.25, 0.3) is 0 Å². The molecule has 0 saturated heterocycles. The van der Waals surface area contributed by atoms with Crippen molar-refractivity contribution in [1.29, 1.82) is 0 Å². The second-order valence-electron chi connectivity index (χ2n) is 6.23. The lowest BCUT2D eigenvalue weighted by Gasteiger charge is -2.18. The first-order valence-electron chi connectivity index (χ1n) is 8.36. The van der Waals surface area contributed by atoms with Crippen LogP contribution in [0.2, 0.25) is 0 Å². The normalized spacial score (nSPS) is 15.1. The Kier molecular flexibility index (Phi) is 4.13. The molecular weight excluding hydrogens is 342 g/mol. The fraction of sp³-hybridized carbons (Fsp3) is 0.0909. The first-order valence-corrected chi connectivity index (χ1v) is 9.18. The van der Waals surface area contributed by atoms with E-state index in [1.807, 2.05) is 42.3 Å². The molecule has 0 saturated carbocycles. The summed E-state index contributed by atoms with van der Waals surface area (Å²) in [5.41, 5.74) is 1.81. The highest BCUT2D eigenvalue weighted by Gasteiger charge is 2.31. The number of benzene rings is 3. The Balaban J connectivity index is 1.89. The van der Waals surface area contributed by atoms with Crippen LogP contribution in [-0.4, -0.2) is 18.6 Å². The van der Waals surface area contributed by atoms with Crippen LogP contribution in [0.25, 0.3) is 10.8 Å². The maximum absolute atomic E-state index is 13.0. The van der Waals surface area contributed by atoms with Crippen LogP contribution in [0.4, 0.5) is 5.69 Å². The van der Waals surface area contributed by atoms with Gasteiger partial charge in [-0.3, -0.25) is 9.59 Å². The highest BCUT2D eigenvalue weighted by molar-refractivity contribution is 8.03. The highest BCUT2D eigenvalue weighted by atomic mass is 32.2. The van der Waals surface area contributed by atoms with E-state index in [9.17, 15) is 9.59 Å². The topological polar surface area (TPSA) is 37.4 Å². The number of allylic oxidation sites excluding steroid dienone is 1. The van der Waals surface area contributed by atoms with Crippen molar-refractivity contribution in [2.24, 2.45) is 0 Å². The third kappa shape index (κ3) is 2.63. The number of hydrogen-bond acceptors (Lipinski definition) is 4. The van der Waals surface area contributed by atoms with Crippen LogP contribution in [0.5, 0.6) is 0 Å². The maximum atomic E-state index is 13.0. The number of carbonyl (C=O) groups is 2. The van der Waals surface area contributed by atoms with Gasteiger partial charge in [-0.15, -0.1) is 0 Å². The molecular formula is C22H17NO2S. The molecule has 4 heteroatoms. The number of rotatable bonds is 3. The Morgan fingerprint density at radius 2 is 1.58 bits per heavy atom. The highest BCUT2D eigenvalue weighted by Crippen LogP contribution is 2.49. The van der Waals surface area contributed by atoms with E-state index in [-0.39, 0.29) is 17.1 Å². The standard InChI is InChI=1S/C22H17NO2S/c1-14(24)19(21(25)16-9-4-3-5-10-16)22-23(2)20-17-11-7-6-8-15(17)12-13-18(20)26-22/h3-13H,1-2H3/b22-19+. The van der Waals surface area contributed by atoms with Crippen LogP contribution < -0.4 is 4.90 Å². The number of carbonyl (C=O) groups excluding carboxylic acids is 2. The van der Waals surface area contributed by atoms with Crippen LogP contribution >= 0.6 is 11.8 Å². The number of thioether (sulfide) groups is 1. The molecule has 0 bridgehead atoms. The first kappa shape index (κ1) is 16.6. The monoisotopic (exact) mass is 359 g/mol. The molecule has 3 aromatic rings. The van der Waals surface area contributed by atoms with Crippen molar-refractivity contribution in [3.05, 3.63) is 82.9 Å². The third-order valence-corrected chi connectivity index (χ3v) is 5.76. The lowest BCUT2D eigenvalue weighted by atomic mass is 10.0. The van der Waals surface area contributed by atoms with Gasteiger partial charge in [0.15, 0.2) is 11.6 Å². The van der Waals surface area contributed by atoms with E-state index in [4.69, 9.17) is 0 Å². The molecule has 1 aliphatic rings. The maximum Gasteiger partial charge on any atom is 0.199 e. The van der Waals surface area contributed by atoms with Crippen LogP contribution in [0.3, 0.4) is 0 Å². The average molecular weight is 359 g/mol. The number of hydrogen-bond donors (Lipinski definition) is 0. The second-order valence-corrected chi connectivity index (χ2v) is 7.26. The van der Waals surface area contributed by atoms with Gasteiger partial charge in [0.05, 0.1) is 16.3 Å². The number of nitrogens with zero attached hydrogens (tertiary/aromatic N) is 1. The number of ketones is 2. The first-order chi connectivity index (χ1) is 12.6. The largest absolute Gasteiger partial charge is 0.337 e. The van der Waals surface area contributed by atoms with Crippen LogP contribution in [0, 0.1) is 0 Å². The van der Waals surface area contributed by atoms with Gasteiger partial charge < -0.3 is 4.90 Å². The van der Waals surface area contributed by atoms with Crippen molar-refractivity contribution in [2.75, 3.05) is 11.9 Å². The molecule has 128 valence electrons. The molecule has 0 aromatic heterocycles. The van der Waals surface area contributed by atoms with Crippen molar-refractivity contribution in [3.8, 4) is 0 Å². The zero-order valence-electron chi connectivity index (χ0n) is 14.5. The molecule has 0 unspecified atom stereocenters. The minimum absolute atomic E-state index is 0.217. The smallest absolute Gasteiger partial charge is 0.199 e. The zero-order chi connectivity index (χ0) is 18.3. The minimum Gasteiger partial charge on any atom is -0.337 e. The van der Waals surface area contributed by atoms with Gasteiger partial charge in [-0.1, -0.05) is 72.4 Å². The molecule has 1 heterocycles. The fourth-order valence-electron chi connectivity index (χ4n) is 3.30. The Bertz CT molecular complexity index is 1070. The molecule has 0 fully saturated rings.